The molecule has 0 amide bonds. The van der Waals surface area contributed by atoms with Gasteiger partial charge in [-0.25, -0.2) is 9.13 Å². The van der Waals surface area contributed by atoms with E-state index in [-0.39, 0.29) is 25.7 Å². The number of esters is 4. The van der Waals surface area contributed by atoms with Crippen LogP contribution in [0, 0.1) is 0 Å². The van der Waals surface area contributed by atoms with E-state index in [1.54, 1.807) is 0 Å². The normalized spacial score (nSPS) is 14.4. The second-order valence-corrected chi connectivity index (χ2v) is 27.8. The summed E-state index contributed by atoms with van der Waals surface area (Å²) in [6.45, 7) is 4.67. The predicted molar refractivity (Wildman–Crippen MR) is 381 cm³/mol. The van der Waals surface area contributed by atoms with E-state index in [4.69, 9.17) is 37.0 Å². The van der Waals surface area contributed by atoms with Gasteiger partial charge >= 0.3 is 39.5 Å². The first-order valence-corrected chi connectivity index (χ1v) is 40.2. The maximum atomic E-state index is 13.0. The largest absolute Gasteiger partial charge is 0.472 e. The Hall–Kier alpha value is -3.50. The van der Waals surface area contributed by atoms with E-state index >= 15 is 0 Å². The average Bonchev–Trinajstić information content (AvgIpc) is 1.36. The number of hydrogen-bond acceptors (Lipinski definition) is 15. The highest BCUT2D eigenvalue weighted by molar-refractivity contribution is 7.47. The number of phosphoric ester groups is 2. The Balaban J connectivity index is 5.35. The zero-order valence-electron chi connectivity index (χ0n) is 59.4. The fourth-order valence-corrected chi connectivity index (χ4v) is 11.5. The quantitative estimate of drug-likeness (QED) is 0.0169. The summed E-state index contributed by atoms with van der Waals surface area (Å²) in [4.78, 5) is 72.7. The van der Waals surface area contributed by atoms with Crippen LogP contribution < -0.4 is 0 Å². The topological polar surface area (TPSA) is 237 Å². The standard InChI is InChI=1S/C75H134O17P2/c1-5-9-13-17-21-25-29-32-34-37-41-44-48-52-56-60-73(78)86-66-71(92-75(80)62-58-54-50-46-42-38-35-33-30-26-22-18-14-10-6-2)68-90-94(83,84)88-64-69(76)63-87-93(81,82)89-67-70(91-74(79)61-57-53-49-45-39-28-24-20-16-12-8-4)65-85-72(77)59-55-51-47-43-40-36-31-27-23-19-15-11-7-3/h9,13,20-21,24-25,32-35,41,44,69-71,76H,5-8,10-12,14-19,22-23,26-31,36-40,42-43,45-68H2,1-4H3,(H,81,82)(H,83,84)/b13-9-,24-20-,25-21-,34-32-,35-33-,44-41-. The lowest BCUT2D eigenvalue weighted by molar-refractivity contribution is -0.161. The lowest BCUT2D eigenvalue weighted by Crippen LogP contribution is -2.30. The molecule has 546 valence electrons. The Kier molecular flexibility index (Phi) is 65.5. The molecule has 0 saturated heterocycles. The molecule has 94 heavy (non-hydrogen) atoms. The summed E-state index contributed by atoms with van der Waals surface area (Å²) in [5.41, 5.74) is 0. The lowest BCUT2D eigenvalue weighted by Gasteiger charge is -2.21. The summed E-state index contributed by atoms with van der Waals surface area (Å²) in [5.74, 6) is -2.22. The van der Waals surface area contributed by atoms with Crippen molar-refractivity contribution in [3.8, 4) is 0 Å². The van der Waals surface area contributed by atoms with Crippen molar-refractivity contribution in [2.45, 2.75) is 341 Å². The summed E-state index contributed by atoms with van der Waals surface area (Å²) < 4.78 is 68.3. The second-order valence-electron chi connectivity index (χ2n) is 24.9. The number of rotatable bonds is 70. The van der Waals surface area contributed by atoms with Crippen LogP contribution in [0.4, 0.5) is 0 Å². The van der Waals surface area contributed by atoms with E-state index in [9.17, 15) is 43.2 Å². The van der Waals surface area contributed by atoms with Gasteiger partial charge in [0.2, 0.25) is 0 Å². The first-order valence-electron chi connectivity index (χ1n) is 37.2. The number of aliphatic hydroxyl groups excluding tert-OH is 1. The monoisotopic (exact) mass is 1370 g/mol. The molecule has 0 aromatic carbocycles. The number of hydrogen-bond donors (Lipinski definition) is 3. The maximum absolute atomic E-state index is 13.0. The van der Waals surface area contributed by atoms with Crippen LogP contribution >= 0.6 is 15.6 Å². The molecule has 0 aromatic heterocycles. The van der Waals surface area contributed by atoms with E-state index in [2.05, 4.69) is 101 Å². The molecule has 0 aliphatic rings. The fourth-order valence-electron chi connectivity index (χ4n) is 9.95. The van der Waals surface area contributed by atoms with Gasteiger partial charge in [0, 0.05) is 25.7 Å². The van der Waals surface area contributed by atoms with Gasteiger partial charge in [-0.3, -0.25) is 37.3 Å². The van der Waals surface area contributed by atoms with Gasteiger partial charge in [-0.15, -0.1) is 0 Å². The van der Waals surface area contributed by atoms with Gasteiger partial charge in [0.1, 0.15) is 19.3 Å². The molecule has 19 heteroatoms. The number of carbonyl (C=O) groups is 4. The third kappa shape index (κ3) is 67.1. The van der Waals surface area contributed by atoms with Crippen LogP contribution in [0.1, 0.15) is 323 Å². The van der Waals surface area contributed by atoms with Crippen LogP contribution in [0.25, 0.3) is 0 Å². The first kappa shape index (κ1) is 90.5. The lowest BCUT2D eigenvalue weighted by atomic mass is 10.0. The maximum Gasteiger partial charge on any atom is 0.472 e. The Labute approximate surface area is 571 Å². The van der Waals surface area contributed by atoms with Crippen molar-refractivity contribution in [3.63, 3.8) is 0 Å². The van der Waals surface area contributed by atoms with Crippen LogP contribution in [-0.4, -0.2) is 96.7 Å². The van der Waals surface area contributed by atoms with E-state index in [1.807, 2.05) is 0 Å². The molecule has 0 aliphatic heterocycles. The second kappa shape index (κ2) is 68.0. The summed E-state index contributed by atoms with van der Waals surface area (Å²) >= 11 is 0. The number of phosphoric acid groups is 2. The van der Waals surface area contributed by atoms with E-state index in [0.29, 0.717) is 25.7 Å². The van der Waals surface area contributed by atoms with Crippen molar-refractivity contribution in [1.29, 1.82) is 0 Å². The van der Waals surface area contributed by atoms with E-state index in [0.717, 1.165) is 135 Å². The van der Waals surface area contributed by atoms with Gasteiger partial charge < -0.3 is 33.8 Å². The van der Waals surface area contributed by atoms with Gasteiger partial charge in [0.05, 0.1) is 26.4 Å². The highest BCUT2D eigenvalue weighted by Crippen LogP contribution is 2.45. The van der Waals surface area contributed by atoms with Crippen LogP contribution in [0.15, 0.2) is 72.9 Å². The molecule has 0 saturated carbocycles. The van der Waals surface area contributed by atoms with E-state index < -0.39 is 97.5 Å². The summed E-state index contributed by atoms with van der Waals surface area (Å²) in [5, 5.41) is 10.6. The van der Waals surface area contributed by atoms with Crippen LogP contribution in [0.5, 0.6) is 0 Å². The van der Waals surface area contributed by atoms with Crippen molar-refractivity contribution in [3.05, 3.63) is 72.9 Å². The summed E-state index contributed by atoms with van der Waals surface area (Å²) in [6.07, 6.45) is 66.2. The molecule has 0 rings (SSSR count). The van der Waals surface area contributed by atoms with Crippen molar-refractivity contribution in [2.75, 3.05) is 39.6 Å². The van der Waals surface area contributed by atoms with Gasteiger partial charge in [-0.05, 0) is 109 Å². The highest BCUT2D eigenvalue weighted by Gasteiger charge is 2.30. The number of carbonyl (C=O) groups excluding carboxylic acids is 4. The molecule has 5 atom stereocenters. The average molecular weight is 1370 g/mol. The van der Waals surface area contributed by atoms with Gasteiger partial charge in [0.25, 0.3) is 0 Å². The molecule has 0 bridgehead atoms. The van der Waals surface area contributed by atoms with Crippen LogP contribution in [-0.2, 0) is 65.4 Å². The van der Waals surface area contributed by atoms with Gasteiger partial charge in [-0.2, -0.15) is 0 Å². The number of unbranched alkanes of at least 4 members (excludes halogenated alkanes) is 32. The molecular weight excluding hydrogens is 1230 g/mol. The Bertz CT molecular complexity index is 2070. The van der Waals surface area contributed by atoms with Crippen molar-refractivity contribution < 1.29 is 80.2 Å². The minimum Gasteiger partial charge on any atom is -0.462 e. The predicted octanol–water partition coefficient (Wildman–Crippen LogP) is 20.9. The van der Waals surface area contributed by atoms with Gasteiger partial charge in [-0.1, -0.05) is 261 Å². The SMILES string of the molecule is CC/C=C\C/C=C\C/C=C\C/C=C\CCCCC(=O)OCC(COP(=O)(O)OCC(O)COP(=O)(O)OCC(COC(=O)CCCCCCCCCCCCCCC)OC(=O)CCCCCCC/C=C\CCCC)OC(=O)CCCCCCC/C=C\CCCCCCCC. The minimum atomic E-state index is -4.98. The molecule has 0 aromatic rings. The van der Waals surface area contributed by atoms with Crippen LogP contribution in [0.3, 0.4) is 0 Å². The Morgan fingerprint density at radius 3 is 0.915 bits per heavy atom. The molecule has 0 radical (unpaired) electrons. The molecule has 5 unspecified atom stereocenters. The number of ether oxygens (including phenoxy) is 4. The number of aliphatic hydroxyl groups is 1. The molecule has 0 fully saturated rings. The van der Waals surface area contributed by atoms with Crippen molar-refractivity contribution in [2.24, 2.45) is 0 Å². The zero-order chi connectivity index (χ0) is 69.0. The highest BCUT2D eigenvalue weighted by atomic mass is 31.2. The third-order valence-electron chi connectivity index (χ3n) is 15.7. The van der Waals surface area contributed by atoms with Crippen molar-refractivity contribution >= 4 is 39.5 Å². The van der Waals surface area contributed by atoms with Crippen molar-refractivity contribution in [1.82, 2.24) is 0 Å². The Morgan fingerprint density at radius 1 is 0.309 bits per heavy atom. The number of allylic oxidation sites excluding steroid dienone is 12. The zero-order valence-corrected chi connectivity index (χ0v) is 61.2. The molecule has 17 nitrogen and oxygen atoms in total. The molecule has 0 heterocycles. The minimum absolute atomic E-state index is 0.0780. The Morgan fingerprint density at radius 2 is 0.564 bits per heavy atom. The molecule has 0 aliphatic carbocycles. The third-order valence-corrected chi connectivity index (χ3v) is 17.6. The smallest absolute Gasteiger partial charge is 0.462 e. The van der Waals surface area contributed by atoms with E-state index in [1.165, 1.54) is 109 Å². The first-order chi connectivity index (χ1) is 45.7. The molecule has 3 N–H and O–H groups in total. The van der Waals surface area contributed by atoms with Gasteiger partial charge in [0.15, 0.2) is 12.2 Å². The molecule has 0 spiro atoms. The fraction of sp³-hybridized carbons (Fsp3) is 0.787. The van der Waals surface area contributed by atoms with Crippen LogP contribution in [0.2, 0.25) is 0 Å². The summed E-state index contributed by atoms with van der Waals surface area (Å²) in [7, 11) is -9.94. The summed E-state index contributed by atoms with van der Waals surface area (Å²) in [6, 6.07) is 0. The molecular formula is C75H134O17P2.